The smallest absolute Gasteiger partial charge is 0.256 e. The first kappa shape index (κ1) is 19.0. The molecule has 1 atom stereocenters. The number of aromatic nitrogens is 1. The van der Waals surface area contributed by atoms with Crippen molar-refractivity contribution in [3.05, 3.63) is 46.3 Å². The van der Waals surface area contributed by atoms with Gasteiger partial charge in [-0.2, -0.15) is 0 Å². The maximum absolute atomic E-state index is 13.0. The van der Waals surface area contributed by atoms with Crippen LogP contribution in [0.3, 0.4) is 0 Å². The van der Waals surface area contributed by atoms with Crippen molar-refractivity contribution >= 4 is 34.0 Å². The van der Waals surface area contributed by atoms with E-state index in [1.54, 1.807) is 6.26 Å². The molecular weight excluding hydrogens is 374 g/mol. The summed E-state index contributed by atoms with van der Waals surface area (Å²) in [4.78, 5) is 19.1. The number of carbonyl (C=O) groups excluding carboxylic acids is 1. The number of hydrogen-bond acceptors (Lipinski definition) is 4. The van der Waals surface area contributed by atoms with Crippen LogP contribution in [0.4, 0.5) is 5.69 Å². The lowest BCUT2D eigenvalue weighted by Crippen LogP contribution is -2.41. The van der Waals surface area contributed by atoms with Crippen molar-refractivity contribution in [2.45, 2.75) is 18.7 Å². The summed E-state index contributed by atoms with van der Waals surface area (Å²) in [5.41, 5.74) is 6.79. The lowest BCUT2D eigenvalue weighted by Gasteiger charge is -2.27. The average molecular weight is 400 g/mol. The quantitative estimate of drug-likeness (QED) is 0.832. The molecule has 2 N–H and O–H groups in total. The van der Waals surface area contributed by atoms with Crippen LogP contribution in [0.25, 0.3) is 11.6 Å². The number of aromatic amines is 1. The Bertz CT molecular complexity index is 987. The van der Waals surface area contributed by atoms with Gasteiger partial charge in [0.15, 0.2) is 0 Å². The summed E-state index contributed by atoms with van der Waals surface area (Å²) in [6.07, 6.45) is 3.79. The Morgan fingerprint density at radius 3 is 2.71 bits per heavy atom. The molecule has 0 bridgehead atoms. The van der Waals surface area contributed by atoms with Gasteiger partial charge in [-0.1, -0.05) is 0 Å². The second-order valence-corrected chi connectivity index (χ2v) is 8.63. The van der Waals surface area contributed by atoms with E-state index in [1.807, 2.05) is 36.9 Å². The lowest BCUT2D eigenvalue weighted by molar-refractivity contribution is 0.0302. The lowest BCUT2D eigenvalue weighted by atomic mass is 10.0. The third kappa shape index (κ3) is 3.40. The van der Waals surface area contributed by atoms with Crippen molar-refractivity contribution in [1.29, 1.82) is 0 Å². The number of amides is 1. The summed E-state index contributed by atoms with van der Waals surface area (Å²) in [5.74, 6) is 0.0628. The zero-order valence-corrected chi connectivity index (χ0v) is 17.2. The van der Waals surface area contributed by atoms with Gasteiger partial charge in [0, 0.05) is 64.2 Å². The maximum atomic E-state index is 13.0. The molecule has 1 aromatic heterocycles. The van der Waals surface area contributed by atoms with Crippen molar-refractivity contribution in [2.75, 3.05) is 44.4 Å². The van der Waals surface area contributed by atoms with Gasteiger partial charge in [0.1, 0.15) is 0 Å². The Balaban J connectivity index is 1.68. The molecule has 0 spiro atoms. The van der Waals surface area contributed by atoms with Crippen LogP contribution in [0.2, 0.25) is 0 Å². The van der Waals surface area contributed by atoms with Gasteiger partial charge in [-0.05, 0) is 49.3 Å². The van der Waals surface area contributed by atoms with E-state index in [4.69, 9.17) is 4.74 Å². The van der Waals surface area contributed by atoms with E-state index in [0.717, 1.165) is 44.2 Å². The fourth-order valence-electron chi connectivity index (χ4n) is 3.87. The van der Waals surface area contributed by atoms with Gasteiger partial charge in [-0.25, -0.2) is 0 Å². The Morgan fingerprint density at radius 2 is 2.00 bits per heavy atom. The van der Waals surface area contributed by atoms with Crippen LogP contribution >= 0.6 is 0 Å². The molecule has 1 fully saturated rings. The third-order valence-corrected chi connectivity index (χ3v) is 6.36. The van der Waals surface area contributed by atoms with E-state index in [-0.39, 0.29) is 5.91 Å². The van der Waals surface area contributed by atoms with E-state index in [2.05, 4.69) is 16.4 Å². The van der Waals surface area contributed by atoms with Crippen LogP contribution in [0.1, 0.15) is 32.9 Å². The molecule has 1 aromatic carbocycles. The van der Waals surface area contributed by atoms with Gasteiger partial charge < -0.3 is 19.9 Å². The molecule has 28 heavy (non-hydrogen) atoms. The van der Waals surface area contributed by atoms with Crippen LogP contribution in [0.5, 0.6) is 0 Å². The molecule has 4 rings (SSSR count). The Labute approximate surface area is 167 Å². The molecule has 0 radical (unpaired) electrons. The van der Waals surface area contributed by atoms with Crippen LogP contribution in [-0.2, 0) is 15.5 Å². The molecule has 1 unspecified atom stereocenters. The Hall–Kier alpha value is -2.38. The zero-order chi connectivity index (χ0) is 19.8. The summed E-state index contributed by atoms with van der Waals surface area (Å²) < 4.78 is 17.2. The van der Waals surface area contributed by atoms with E-state index in [9.17, 15) is 9.00 Å². The number of carbonyl (C=O) groups is 1. The minimum atomic E-state index is -1.02. The van der Waals surface area contributed by atoms with Gasteiger partial charge in [-0.3, -0.25) is 9.00 Å². The molecule has 148 valence electrons. The number of benzene rings is 1. The predicted octanol–water partition coefficient (Wildman–Crippen LogP) is 2.81. The highest BCUT2D eigenvalue weighted by Crippen LogP contribution is 2.34. The highest BCUT2D eigenvalue weighted by atomic mass is 32.2. The molecule has 1 saturated heterocycles. The third-order valence-electron chi connectivity index (χ3n) is 5.45. The van der Waals surface area contributed by atoms with Gasteiger partial charge in [0.25, 0.3) is 5.91 Å². The van der Waals surface area contributed by atoms with Crippen molar-refractivity contribution in [2.24, 2.45) is 0 Å². The summed E-state index contributed by atoms with van der Waals surface area (Å²) in [6, 6.07) is 5.86. The fourth-order valence-corrected chi connectivity index (χ4v) is 4.42. The molecule has 2 aromatic rings. The second kappa shape index (κ2) is 7.56. The number of nitrogens with one attached hydrogen (secondary N) is 2. The SMILES string of the molecule is Cc1[nH]c(C=C2CNc3ccc(S(C)=O)cc32)c(C)c1C(=O)N1CCOCC1. The van der Waals surface area contributed by atoms with E-state index >= 15 is 0 Å². The number of anilines is 1. The van der Waals surface area contributed by atoms with E-state index in [0.29, 0.717) is 32.8 Å². The van der Waals surface area contributed by atoms with Gasteiger partial charge in [0.05, 0.1) is 18.8 Å². The van der Waals surface area contributed by atoms with Crippen LogP contribution < -0.4 is 5.32 Å². The van der Waals surface area contributed by atoms with Crippen molar-refractivity contribution < 1.29 is 13.7 Å². The fraction of sp³-hybridized carbons (Fsp3) is 0.381. The monoisotopic (exact) mass is 399 g/mol. The van der Waals surface area contributed by atoms with Crippen molar-refractivity contribution in [3.8, 4) is 0 Å². The minimum absolute atomic E-state index is 0.0628. The van der Waals surface area contributed by atoms with Gasteiger partial charge >= 0.3 is 0 Å². The largest absolute Gasteiger partial charge is 0.380 e. The Kier molecular flexibility index (Phi) is 5.12. The standard InChI is InChI=1S/C21H25N3O3S/c1-13-19(23-14(2)20(13)21(25)24-6-8-27-9-7-24)10-15-12-22-18-5-4-16(28(3)26)11-17(15)18/h4-5,10-11,22-23H,6-9,12H2,1-3H3. The molecule has 0 saturated carbocycles. The summed E-state index contributed by atoms with van der Waals surface area (Å²) >= 11 is 0. The molecule has 0 aliphatic carbocycles. The van der Waals surface area contributed by atoms with Crippen LogP contribution in [0.15, 0.2) is 23.1 Å². The number of H-pyrrole nitrogens is 1. The van der Waals surface area contributed by atoms with Crippen molar-refractivity contribution in [3.63, 3.8) is 0 Å². The number of hydrogen-bond donors (Lipinski definition) is 2. The molecule has 7 heteroatoms. The predicted molar refractivity (Wildman–Crippen MR) is 112 cm³/mol. The molecule has 3 heterocycles. The maximum Gasteiger partial charge on any atom is 0.256 e. The molecular formula is C21H25N3O3S. The summed E-state index contributed by atoms with van der Waals surface area (Å²) in [6.45, 7) is 7.09. The average Bonchev–Trinajstić information content (AvgIpc) is 3.22. The first-order valence-corrected chi connectivity index (χ1v) is 11.0. The molecule has 2 aliphatic rings. The molecule has 6 nitrogen and oxygen atoms in total. The minimum Gasteiger partial charge on any atom is -0.380 e. The van der Waals surface area contributed by atoms with Crippen molar-refractivity contribution in [1.82, 2.24) is 9.88 Å². The number of fused-ring (bicyclic) bond motifs is 1. The summed E-state index contributed by atoms with van der Waals surface area (Å²) in [7, 11) is -1.02. The first-order chi connectivity index (χ1) is 13.5. The highest BCUT2D eigenvalue weighted by molar-refractivity contribution is 7.84. The van der Waals surface area contributed by atoms with E-state index in [1.165, 1.54) is 0 Å². The normalized spacial score (nSPS) is 18.8. The van der Waals surface area contributed by atoms with Gasteiger partial charge in [-0.15, -0.1) is 0 Å². The van der Waals surface area contributed by atoms with Crippen LogP contribution in [0, 0.1) is 13.8 Å². The molecule has 2 aliphatic heterocycles. The number of ether oxygens (including phenoxy) is 1. The number of aryl methyl sites for hydroxylation is 1. The number of morpholine rings is 1. The highest BCUT2D eigenvalue weighted by Gasteiger charge is 2.25. The second-order valence-electron chi connectivity index (χ2n) is 7.25. The van der Waals surface area contributed by atoms with Crippen LogP contribution in [-0.4, -0.2) is 59.1 Å². The zero-order valence-electron chi connectivity index (χ0n) is 16.4. The molecule has 1 amide bonds. The number of nitrogens with zero attached hydrogens (tertiary/aromatic N) is 1. The topological polar surface area (TPSA) is 74.4 Å². The number of rotatable bonds is 3. The van der Waals surface area contributed by atoms with E-state index < -0.39 is 10.8 Å². The van der Waals surface area contributed by atoms with Gasteiger partial charge in [0.2, 0.25) is 0 Å². The first-order valence-electron chi connectivity index (χ1n) is 9.44. The Morgan fingerprint density at radius 1 is 1.25 bits per heavy atom. The summed E-state index contributed by atoms with van der Waals surface area (Å²) in [5, 5.41) is 3.38.